The van der Waals surface area contributed by atoms with E-state index in [0.29, 0.717) is 6.20 Å². The van der Waals surface area contributed by atoms with Gasteiger partial charge >= 0.3 is 10.9 Å². The van der Waals surface area contributed by atoms with Gasteiger partial charge in [0.1, 0.15) is 11.3 Å². The quantitative estimate of drug-likeness (QED) is 0.487. The number of carbonyl (C=O) groups excluding carboxylic acids is 1. The van der Waals surface area contributed by atoms with E-state index in [1.165, 1.54) is 6.92 Å². The molecular formula is C8H7BrF4N2O2. The largest absolute Gasteiger partial charge is 0.462 e. The third-order valence-corrected chi connectivity index (χ3v) is 2.08. The van der Waals surface area contributed by atoms with Gasteiger partial charge < -0.3 is 4.74 Å². The van der Waals surface area contributed by atoms with Crippen LogP contribution >= 0.6 is 15.9 Å². The van der Waals surface area contributed by atoms with Gasteiger partial charge in [-0.25, -0.2) is 13.6 Å². The summed E-state index contributed by atoms with van der Waals surface area (Å²) in [7, 11) is 0. The lowest BCUT2D eigenvalue weighted by Gasteiger charge is -2.12. The summed E-state index contributed by atoms with van der Waals surface area (Å²) >= 11 is 1.89. The standard InChI is InChI=1S/C8H7BrF4N2O2/c1-2-17-7(16)4-3-14-15(8(9,12)13)5(4)6(10)11/h3,6H,2H2,1H3. The predicted molar refractivity (Wildman–Crippen MR) is 52.3 cm³/mol. The Kier molecular flexibility index (Phi) is 4.12. The van der Waals surface area contributed by atoms with Crippen LogP contribution in [0.25, 0.3) is 0 Å². The first-order valence-corrected chi connectivity index (χ1v) is 5.18. The van der Waals surface area contributed by atoms with Crippen LogP contribution in [0.2, 0.25) is 0 Å². The van der Waals surface area contributed by atoms with Crippen molar-refractivity contribution < 1.29 is 27.1 Å². The number of hydrogen-bond acceptors (Lipinski definition) is 3. The molecule has 0 saturated carbocycles. The lowest BCUT2D eigenvalue weighted by atomic mass is 10.2. The lowest BCUT2D eigenvalue weighted by molar-refractivity contribution is 0.00468. The Hall–Kier alpha value is -1.12. The second-order valence-corrected chi connectivity index (χ2v) is 3.80. The molecule has 0 bridgehead atoms. The number of halogens is 5. The molecule has 0 radical (unpaired) electrons. The normalized spacial score (nSPS) is 11.9. The number of carbonyl (C=O) groups is 1. The third kappa shape index (κ3) is 2.96. The molecule has 1 aromatic heterocycles. The molecule has 0 aliphatic carbocycles. The molecule has 0 saturated heterocycles. The van der Waals surface area contributed by atoms with Gasteiger partial charge in [0.15, 0.2) is 0 Å². The third-order valence-electron chi connectivity index (χ3n) is 1.75. The van der Waals surface area contributed by atoms with Crippen molar-refractivity contribution in [2.24, 2.45) is 0 Å². The SMILES string of the molecule is CCOC(=O)c1cnn(C(F)(F)Br)c1C(F)F. The summed E-state index contributed by atoms with van der Waals surface area (Å²) in [5.74, 6) is -1.12. The Morgan fingerprint density at radius 2 is 2.24 bits per heavy atom. The van der Waals surface area contributed by atoms with E-state index in [0.717, 1.165) is 0 Å². The number of nitrogens with zero attached hydrogens (tertiary/aromatic N) is 2. The Morgan fingerprint density at radius 3 is 2.65 bits per heavy atom. The summed E-state index contributed by atoms with van der Waals surface area (Å²) in [5.41, 5.74) is -1.87. The highest BCUT2D eigenvalue weighted by Gasteiger charge is 2.36. The average molecular weight is 319 g/mol. The molecule has 4 nitrogen and oxygen atoms in total. The predicted octanol–water partition coefficient (Wildman–Crippen LogP) is 2.90. The topological polar surface area (TPSA) is 44.1 Å². The van der Waals surface area contributed by atoms with Gasteiger partial charge in [-0.1, -0.05) is 0 Å². The van der Waals surface area contributed by atoms with Gasteiger partial charge in [-0.2, -0.15) is 18.6 Å². The number of hydrogen-bond donors (Lipinski definition) is 0. The first-order valence-electron chi connectivity index (χ1n) is 4.39. The maximum absolute atomic E-state index is 12.9. The van der Waals surface area contributed by atoms with Crippen LogP contribution in [0, 0.1) is 0 Å². The monoisotopic (exact) mass is 318 g/mol. The van der Waals surface area contributed by atoms with Crippen LogP contribution in [0.1, 0.15) is 29.4 Å². The molecule has 96 valence electrons. The number of aromatic nitrogens is 2. The first-order chi connectivity index (χ1) is 7.79. The molecule has 0 atom stereocenters. The molecule has 0 N–H and O–H groups in total. The van der Waals surface area contributed by atoms with E-state index in [1.54, 1.807) is 0 Å². The van der Waals surface area contributed by atoms with Crippen molar-refractivity contribution >= 4 is 21.9 Å². The molecular weight excluding hydrogens is 312 g/mol. The molecule has 0 aromatic carbocycles. The number of rotatable bonds is 4. The van der Waals surface area contributed by atoms with E-state index in [2.05, 4.69) is 9.84 Å². The molecule has 9 heteroatoms. The Morgan fingerprint density at radius 1 is 1.65 bits per heavy atom. The van der Waals surface area contributed by atoms with Gasteiger partial charge in [0, 0.05) is 15.9 Å². The fourth-order valence-electron chi connectivity index (χ4n) is 1.14. The molecule has 17 heavy (non-hydrogen) atoms. The first kappa shape index (κ1) is 13.9. The molecule has 0 aliphatic heterocycles. The summed E-state index contributed by atoms with van der Waals surface area (Å²) in [4.78, 5) is 7.44. The fourth-order valence-corrected chi connectivity index (χ4v) is 1.42. The van der Waals surface area contributed by atoms with Gasteiger partial charge in [0.2, 0.25) is 0 Å². The second-order valence-electron chi connectivity index (χ2n) is 2.84. The zero-order valence-corrected chi connectivity index (χ0v) is 10.0. The number of alkyl halides is 5. The average Bonchev–Trinajstić information content (AvgIpc) is 2.61. The van der Waals surface area contributed by atoms with Crippen molar-refractivity contribution in [1.82, 2.24) is 9.78 Å². The van der Waals surface area contributed by atoms with Gasteiger partial charge in [-0.05, 0) is 6.92 Å². The summed E-state index contributed by atoms with van der Waals surface area (Å²) in [5, 5.41) is 3.05. The zero-order chi connectivity index (χ0) is 13.2. The highest BCUT2D eigenvalue weighted by atomic mass is 79.9. The van der Waals surface area contributed by atoms with Crippen LogP contribution in [0.3, 0.4) is 0 Å². The Labute approximate surface area is 102 Å². The molecule has 0 aliphatic rings. The minimum absolute atomic E-state index is 0.0581. The minimum atomic E-state index is -3.80. The van der Waals surface area contributed by atoms with Crippen LogP contribution in [0.5, 0.6) is 0 Å². The number of ether oxygens (including phenoxy) is 1. The summed E-state index contributed by atoms with van der Waals surface area (Å²) in [6, 6.07) is 0. The molecule has 0 amide bonds. The Bertz CT molecular complexity index is 416. The summed E-state index contributed by atoms with van der Waals surface area (Å²) in [6.07, 6.45) is -2.66. The molecule has 1 heterocycles. The van der Waals surface area contributed by atoms with Crippen molar-refractivity contribution in [3.8, 4) is 0 Å². The van der Waals surface area contributed by atoms with E-state index in [1.807, 2.05) is 15.9 Å². The van der Waals surface area contributed by atoms with Crippen LogP contribution in [-0.2, 0) is 9.69 Å². The van der Waals surface area contributed by atoms with Crippen molar-refractivity contribution in [1.29, 1.82) is 0 Å². The molecule has 1 aromatic rings. The molecule has 1 rings (SSSR count). The van der Waals surface area contributed by atoms with Crippen LogP contribution in [0.4, 0.5) is 17.6 Å². The van der Waals surface area contributed by atoms with Gasteiger partial charge in [-0.3, -0.25) is 0 Å². The van der Waals surface area contributed by atoms with Crippen LogP contribution < -0.4 is 0 Å². The van der Waals surface area contributed by atoms with E-state index in [-0.39, 0.29) is 11.3 Å². The maximum atomic E-state index is 12.9. The smallest absolute Gasteiger partial charge is 0.401 e. The van der Waals surface area contributed by atoms with Gasteiger partial charge in [0.05, 0.1) is 12.8 Å². The summed E-state index contributed by atoms with van der Waals surface area (Å²) in [6.45, 7) is 1.40. The zero-order valence-electron chi connectivity index (χ0n) is 8.46. The van der Waals surface area contributed by atoms with E-state index in [9.17, 15) is 22.4 Å². The van der Waals surface area contributed by atoms with Crippen LogP contribution in [-0.4, -0.2) is 22.4 Å². The van der Waals surface area contributed by atoms with Gasteiger partial charge in [0.25, 0.3) is 6.43 Å². The van der Waals surface area contributed by atoms with Crippen LogP contribution in [0.15, 0.2) is 6.20 Å². The van der Waals surface area contributed by atoms with E-state index >= 15 is 0 Å². The van der Waals surface area contributed by atoms with Crippen molar-refractivity contribution in [2.75, 3.05) is 6.61 Å². The fraction of sp³-hybridized carbons (Fsp3) is 0.500. The Balaban J connectivity index is 3.25. The van der Waals surface area contributed by atoms with E-state index < -0.39 is 28.6 Å². The molecule has 0 spiro atoms. The number of esters is 1. The van der Waals surface area contributed by atoms with Crippen molar-refractivity contribution in [3.05, 3.63) is 17.5 Å². The van der Waals surface area contributed by atoms with E-state index in [4.69, 9.17) is 0 Å². The van der Waals surface area contributed by atoms with Crippen molar-refractivity contribution in [3.63, 3.8) is 0 Å². The highest BCUT2D eigenvalue weighted by molar-refractivity contribution is 9.09. The highest BCUT2D eigenvalue weighted by Crippen LogP contribution is 2.34. The molecule has 0 unspecified atom stereocenters. The molecule has 0 fully saturated rings. The van der Waals surface area contributed by atoms with Crippen molar-refractivity contribution in [2.45, 2.75) is 18.3 Å². The minimum Gasteiger partial charge on any atom is -0.462 e. The van der Waals surface area contributed by atoms with Gasteiger partial charge in [-0.15, -0.1) is 0 Å². The lowest BCUT2D eigenvalue weighted by Crippen LogP contribution is -2.20. The second kappa shape index (κ2) is 5.03. The summed E-state index contributed by atoms with van der Waals surface area (Å²) < 4.78 is 55.2. The maximum Gasteiger partial charge on any atom is 0.401 e.